The first-order valence-corrected chi connectivity index (χ1v) is 7.62. The summed E-state index contributed by atoms with van der Waals surface area (Å²) in [6.45, 7) is 7.56. The van der Waals surface area contributed by atoms with Gasteiger partial charge in [-0.25, -0.2) is 0 Å². The third-order valence-corrected chi connectivity index (χ3v) is 3.63. The van der Waals surface area contributed by atoms with E-state index in [1.54, 1.807) is 0 Å². The summed E-state index contributed by atoms with van der Waals surface area (Å²) in [7, 11) is 2.04. The highest BCUT2D eigenvalue weighted by atomic mass is 16.5. The van der Waals surface area contributed by atoms with Crippen LogP contribution in [-0.4, -0.2) is 13.7 Å². The summed E-state index contributed by atoms with van der Waals surface area (Å²) >= 11 is 0. The number of ether oxygens (including phenoxy) is 1. The highest BCUT2D eigenvalue weighted by Gasteiger charge is 2.16. The standard InChI is InChI=1S/C17H29NO/c1-5-7-13-19-16-11-9-15(10-12-16)17(18-4)14(3)8-6-2/h9-12,14,17-18H,5-8,13H2,1-4H3. The molecular weight excluding hydrogens is 234 g/mol. The zero-order valence-electron chi connectivity index (χ0n) is 12.9. The van der Waals surface area contributed by atoms with E-state index in [0.717, 1.165) is 18.8 Å². The molecular formula is C17H29NO. The fraction of sp³-hybridized carbons (Fsp3) is 0.647. The lowest BCUT2D eigenvalue weighted by Crippen LogP contribution is -2.23. The van der Waals surface area contributed by atoms with Crippen LogP contribution in [0.5, 0.6) is 5.75 Å². The van der Waals surface area contributed by atoms with E-state index in [9.17, 15) is 0 Å². The number of benzene rings is 1. The molecule has 0 saturated heterocycles. The second-order valence-electron chi connectivity index (χ2n) is 5.30. The van der Waals surface area contributed by atoms with Crippen LogP contribution in [-0.2, 0) is 0 Å². The van der Waals surface area contributed by atoms with Crippen molar-refractivity contribution in [1.29, 1.82) is 0 Å². The smallest absolute Gasteiger partial charge is 0.119 e. The molecule has 0 aromatic heterocycles. The topological polar surface area (TPSA) is 21.3 Å². The molecule has 1 rings (SSSR count). The molecule has 2 nitrogen and oxygen atoms in total. The van der Waals surface area contributed by atoms with Gasteiger partial charge in [0, 0.05) is 6.04 Å². The van der Waals surface area contributed by atoms with Crippen molar-refractivity contribution >= 4 is 0 Å². The van der Waals surface area contributed by atoms with E-state index < -0.39 is 0 Å². The van der Waals surface area contributed by atoms with E-state index in [2.05, 4.69) is 50.4 Å². The Balaban J connectivity index is 2.62. The van der Waals surface area contributed by atoms with Gasteiger partial charge >= 0.3 is 0 Å². The zero-order chi connectivity index (χ0) is 14.1. The van der Waals surface area contributed by atoms with Gasteiger partial charge in [-0.2, -0.15) is 0 Å². The molecule has 0 bridgehead atoms. The van der Waals surface area contributed by atoms with E-state index in [0.29, 0.717) is 12.0 Å². The van der Waals surface area contributed by atoms with Crippen molar-refractivity contribution in [2.24, 2.45) is 5.92 Å². The predicted molar refractivity (Wildman–Crippen MR) is 82.7 cm³/mol. The van der Waals surface area contributed by atoms with E-state index in [1.165, 1.54) is 24.8 Å². The Bertz CT molecular complexity index is 334. The fourth-order valence-electron chi connectivity index (χ4n) is 2.51. The maximum atomic E-state index is 5.70. The van der Waals surface area contributed by atoms with E-state index in [1.807, 2.05) is 7.05 Å². The Kier molecular flexibility index (Phi) is 7.57. The molecule has 2 unspecified atom stereocenters. The Labute approximate surface area is 118 Å². The monoisotopic (exact) mass is 263 g/mol. The van der Waals surface area contributed by atoms with Gasteiger partial charge in [0.05, 0.1) is 6.61 Å². The van der Waals surface area contributed by atoms with E-state index in [4.69, 9.17) is 4.74 Å². The molecule has 0 spiro atoms. The summed E-state index contributed by atoms with van der Waals surface area (Å²) in [5.41, 5.74) is 1.35. The molecule has 0 aliphatic carbocycles. The van der Waals surface area contributed by atoms with E-state index >= 15 is 0 Å². The third-order valence-electron chi connectivity index (χ3n) is 3.63. The summed E-state index contributed by atoms with van der Waals surface area (Å²) < 4.78 is 5.70. The van der Waals surface area contributed by atoms with Gasteiger partial charge in [0.15, 0.2) is 0 Å². The highest BCUT2D eigenvalue weighted by Crippen LogP contribution is 2.26. The molecule has 0 radical (unpaired) electrons. The van der Waals surface area contributed by atoms with Crippen LogP contribution >= 0.6 is 0 Å². The average molecular weight is 263 g/mol. The first-order chi connectivity index (χ1) is 9.22. The first-order valence-electron chi connectivity index (χ1n) is 7.62. The Morgan fingerprint density at radius 2 is 1.79 bits per heavy atom. The first kappa shape index (κ1) is 16.0. The van der Waals surface area contributed by atoms with Gasteiger partial charge in [0.2, 0.25) is 0 Å². The second-order valence-corrected chi connectivity index (χ2v) is 5.30. The van der Waals surface area contributed by atoms with Gasteiger partial charge in [0.25, 0.3) is 0 Å². The Morgan fingerprint density at radius 3 is 2.32 bits per heavy atom. The summed E-state index contributed by atoms with van der Waals surface area (Å²) in [5.74, 6) is 1.64. The van der Waals surface area contributed by atoms with Crippen molar-refractivity contribution in [3.63, 3.8) is 0 Å². The molecule has 0 aliphatic heterocycles. The van der Waals surface area contributed by atoms with Crippen LogP contribution in [0.2, 0.25) is 0 Å². The van der Waals surface area contributed by atoms with Crippen molar-refractivity contribution < 1.29 is 4.74 Å². The quantitative estimate of drug-likeness (QED) is 0.659. The van der Waals surface area contributed by atoms with Gasteiger partial charge in [-0.3, -0.25) is 0 Å². The lowest BCUT2D eigenvalue weighted by Gasteiger charge is -2.24. The lowest BCUT2D eigenvalue weighted by molar-refractivity contribution is 0.309. The van der Waals surface area contributed by atoms with Crippen LogP contribution in [0, 0.1) is 5.92 Å². The second kappa shape index (κ2) is 8.98. The van der Waals surface area contributed by atoms with Crippen molar-refractivity contribution in [2.45, 2.75) is 52.5 Å². The minimum absolute atomic E-state index is 0.435. The average Bonchev–Trinajstić information content (AvgIpc) is 2.42. The van der Waals surface area contributed by atoms with Crippen LogP contribution in [0.4, 0.5) is 0 Å². The predicted octanol–water partition coefficient (Wildman–Crippen LogP) is 4.56. The van der Waals surface area contributed by atoms with Crippen LogP contribution < -0.4 is 10.1 Å². The van der Waals surface area contributed by atoms with Gasteiger partial charge in [-0.05, 0) is 43.5 Å². The number of nitrogens with one attached hydrogen (secondary N) is 1. The minimum atomic E-state index is 0.435. The largest absolute Gasteiger partial charge is 0.494 e. The van der Waals surface area contributed by atoms with Crippen molar-refractivity contribution in [1.82, 2.24) is 5.32 Å². The van der Waals surface area contributed by atoms with Crippen molar-refractivity contribution in [3.05, 3.63) is 29.8 Å². The number of hydrogen-bond acceptors (Lipinski definition) is 2. The van der Waals surface area contributed by atoms with E-state index in [-0.39, 0.29) is 0 Å². The van der Waals surface area contributed by atoms with Crippen LogP contribution in [0.15, 0.2) is 24.3 Å². The van der Waals surface area contributed by atoms with Gasteiger partial charge in [0.1, 0.15) is 5.75 Å². The maximum Gasteiger partial charge on any atom is 0.119 e. The Hall–Kier alpha value is -1.02. The molecule has 0 aliphatic rings. The molecule has 1 aromatic carbocycles. The zero-order valence-corrected chi connectivity index (χ0v) is 12.9. The van der Waals surface area contributed by atoms with Crippen LogP contribution in [0.1, 0.15) is 58.1 Å². The molecule has 0 amide bonds. The summed E-state index contributed by atoms with van der Waals surface area (Å²) in [6, 6.07) is 9.00. The number of hydrogen-bond donors (Lipinski definition) is 1. The molecule has 0 heterocycles. The van der Waals surface area contributed by atoms with Crippen LogP contribution in [0.25, 0.3) is 0 Å². The molecule has 2 heteroatoms. The normalized spacial score (nSPS) is 14.1. The fourth-order valence-corrected chi connectivity index (χ4v) is 2.51. The Morgan fingerprint density at radius 1 is 1.11 bits per heavy atom. The molecule has 19 heavy (non-hydrogen) atoms. The molecule has 0 saturated carbocycles. The van der Waals surface area contributed by atoms with Gasteiger partial charge < -0.3 is 10.1 Å². The third kappa shape index (κ3) is 5.23. The highest BCUT2D eigenvalue weighted by molar-refractivity contribution is 5.29. The lowest BCUT2D eigenvalue weighted by atomic mass is 9.91. The number of unbranched alkanes of at least 4 members (excludes halogenated alkanes) is 1. The molecule has 0 fully saturated rings. The molecule has 2 atom stereocenters. The molecule has 1 aromatic rings. The van der Waals surface area contributed by atoms with Crippen molar-refractivity contribution in [2.75, 3.05) is 13.7 Å². The van der Waals surface area contributed by atoms with Gasteiger partial charge in [-0.15, -0.1) is 0 Å². The number of rotatable bonds is 9. The SMILES string of the molecule is CCCCOc1ccc(C(NC)C(C)CCC)cc1. The maximum absolute atomic E-state index is 5.70. The minimum Gasteiger partial charge on any atom is -0.494 e. The molecule has 108 valence electrons. The summed E-state index contributed by atoms with van der Waals surface area (Å²) in [6.07, 6.45) is 4.78. The van der Waals surface area contributed by atoms with Crippen molar-refractivity contribution in [3.8, 4) is 5.75 Å². The van der Waals surface area contributed by atoms with Gasteiger partial charge in [-0.1, -0.05) is 45.7 Å². The summed E-state index contributed by atoms with van der Waals surface area (Å²) in [5, 5.41) is 3.43. The van der Waals surface area contributed by atoms with Crippen LogP contribution in [0.3, 0.4) is 0 Å². The summed E-state index contributed by atoms with van der Waals surface area (Å²) in [4.78, 5) is 0. The molecule has 1 N–H and O–H groups in total.